The molecule has 0 bridgehead atoms. The molecule has 20 heavy (non-hydrogen) atoms. The Balaban J connectivity index is 2.10. The summed E-state index contributed by atoms with van der Waals surface area (Å²) in [5, 5.41) is 0.563. The predicted molar refractivity (Wildman–Crippen MR) is 90.1 cm³/mol. The van der Waals surface area contributed by atoms with Crippen LogP contribution in [-0.2, 0) is 16.4 Å². The van der Waals surface area contributed by atoms with Crippen molar-refractivity contribution in [2.75, 3.05) is 5.33 Å². The summed E-state index contributed by atoms with van der Waals surface area (Å²) in [6, 6.07) is 13.0. The number of halogens is 2. The fraction of sp³-hybridized carbons (Fsp3) is 0.231. The van der Waals surface area contributed by atoms with E-state index >= 15 is 0 Å². The van der Waals surface area contributed by atoms with Crippen LogP contribution in [0.3, 0.4) is 0 Å². The summed E-state index contributed by atoms with van der Waals surface area (Å²) in [6.45, 7) is 0. The molecule has 2 rings (SSSR count). The van der Waals surface area contributed by atoms with E-state index in [1.807, 2.05) is 30.3 Å². The zero-order valence-corrected chi connectivity index (χ0v) is 15.2. The van der Waals surface area contributed by atoms with Crippen molar-refractivity contribution in [1.29, 1.82) is 0 Å². The monoisotopic (exact) mass is 437 g/mol. The van der Waals surface area contributed by atoms with Crippen molar-refractivity contribution in [3.05, 3.63) is 51.8 Å². The number of hydrogen-bond donors (Lipinski definition) is 1. The Kier molecular flexibility index (Phi) is 5.80. The third-order valence-corrected chi connectivity index (χ3v) is 7.06. The molecule has 2 aromatic rings. The van der Waals surface area contributed by atoms with Gasteiger partial charge in [0.05, 0.1) is 3.79 Å². The Morgan fingerprint density at radius 2 is 1.85 bits per heavy atom. The van der Waals surface area contributed by atoms with Crippen molar-refractivity contribution in [3.63, 3.8) is 0 Å². The SMILES string of the molecule is O=S(=O)(NC(CBr)Cc1ccccc1)c1ccc(Br)s1. The quantitative estimate of drug-likeness (QED) is 0.697. The zero-order valence-electron chi connectivity index (χ0n) is 10.4. The van der Waals surface area contributed by atoms with E-state index < -0.39 is 10.0 Å². The Hall–Kier alpha value is -0.210. The van der Waals surface area contributed by atoms with Crippen LogP contribution in [0.15, 0.2) is 50.5 Å². The van der Waals surface area contributed by atoms with E-state index in [2.05, 4.69) is 36.6 Å². The molecular formula is C13H13Br2NO2S2. The van der Waals surface area contributed by atoms with Gasteiger partial charge in [-0.25, -0.2) is 13.1 Å². The van der Waals surface area contributed by atoms with Crippen molar-refractivity contribution in [2.24, 2.45) is 0 Å². The fourth-order valence-electron chi connectivity index (χ4n) is 1.75. The lowest BCUT2D eigenvalue weighted by Crippen LogP contribution is -2.37. The predicted octanol–water partition coefficient (Wildman–Crippen LogP) is 3.80. The fourth-order valence-corrected chi connectivity index (χ4v) is 5.61. The highest BCUT2D eigenvalue weighted by molar-refractivity contribution is 9.11. The van der Waals surface area contributed by atoms with Gasteiger partial charge in [0.1, 0.15) is 4.21 Å². The molecule has 1 heterocycles. The summed E-state index contributed by atoms with van der Waals surface area (Å²) in [7, 11) is -3.46. The van der Waals surface area contributed by atoms with Crippen LogP contribution in [0, 0.1) is 0 Å². The smallest absolute Gasteiger partial charge is 0.206 e. The van der Waals surface area contributed by atoms with Crippen LogP contribution in [0.4, 0.5) is 0 Å². The van der Waals surface area contributed by atoms with Crippen LogP contribution in [0.1, 0.15) is 5.56 Å². The van der Waals surface area contributed by atoms with E-state index in [1.165, 1.54) is 11.3 Å². The zero-order chi connectivity index (χ0) is 14.6. The summed E-state index contributed by atoms with van der Waals surface area (Å²) >= 11 is 7.85. The van der Waals surface area contributed by atoms with Crippen molar-refractivity contribution < 1.29 is 8.42 Å². The maximum atomic E-state index is 12.3. The lowest BCUT2D eigenvalue weighted by Gasteiger charge is -2.15. The van der Waals surface area contributed by atoms with Crippen LogP contribution in [0.2, 0.25) is 0 Å². The molecule has 108 valence electrons. The normalized spacial score (nSPS) is 13.3. The van der Waals surface area contributed by atoms with Gasteiger partial charge in [-0.05, 0) is 40.0 Å². The van der Waals surface area contributed by atoms with Gasteiger partial charge in [-0.1, -0.05) is 46.3 Å². The molecule has 0 amide bonds. The van der Waals surface area contributed by atoms with Crippen LogP contribution in [0.25, 0.3) is 0 Å². The van der Waals surface area contributed by atoms with Crippen molar-refractivity contribution >= 4 is 53.2 Å². The second-order valence-electron chi connectivity index (χ2n) is 4.22. The topological polar surface area (TPSA) is 46.2 Å². The largest absolute Gasteiger partial charge is 0.250 e. The molecule has 1 unspecified atom stereocenters. The van der Waals surface area contributed by atoms with E-state index in [-0.39, 0.29) is 6.04 Å². The van der Waals surface area contributed by atoms with Crippen LogP contribution < -0.4 is 4.72 Å². The highest BCUT2D eigenvalue weighted by Crippen LogP contribution is 2.26. The van der Waals surface area contributed by atoms with Gasteiger partial charge in [0.25, 0.3) is 0 Å². The first kappa shape index (κ1) is 16.2. The lowest BCUT2D eigenvalue weighted by atomic mass is 10.1. The van der Waals surface area contributed by atoms with Gasteiger partial charge in [-0.3, -0.25) is 0 Å². The summed E-state index contributed by atoms with van der Waals surface area (Å²) < 4.78 is 28.4. The van der Waals surface area contributed by atoms with Crippen LogP contribution in [-0.4, -0.2) is 19.8 Å². The Morgan fingerprint density at radius 3 is 2.40 bits per heavy atom. The van der Waals surface area contributed by atoms with Crippen LogP contribution in [0.5, 0.6) is 0 Å². The van der Waals surface area contributed by atoms with E-state index in [0.29, 0.717) is 16.0 Å². The van der Waals surface area contributed by atoms with Gasteiger partial charge in [0.2, 0.25) is 10.0 Å². The van der Waals surface area contributed by atoms with E-state index in [9.17, 15) is 8.42 Å². The van der Waals surface area contributed by atoms with E-state index in [4.69, 9.17) is 0 Å². The number of sulfonamides is 1. The first-order valence-corrected chi connectivity index (χ1v) is 10.1. The second kappa shape index (κ2) is 7.17. The van der Waals surface area contributed by atoms with Gasteiger partial charge in [0.15, 0.2) is 0 Å². The summed E-state index contributed by atoms with van der Waals surface area (Å²) in [4.78, 5) is 0. The molecule has 3 nitrogen and oxygen atoms in total. The molecular weight excluding hydrogens is 426 g/mol. The number of thiophene rings is 1. The molecule has 7 heteroatoms. The van der Waals surface area contributed by atoms with Crippen molar-refractivity contribution in [1.82, 2.24) is 4.72 Å². The third-order valence-electron chi connectivity index (χ3n) is 2.65. The van der Waals surface area contributed by atoms with Gasteiger partial charge in [0, 0.05) is 11.4 Å². The average Bonchev–Trinajstić information content (AvgIpc) is 2.86. The number of rotatable bonds is 6. The minimum Gasteiger partial charge on any atom is -0.206 e. The van der Waals surface area contributed by atoms with E-state index in [1.54, 1.807) is 12.1 Å². The molecule has 1 aromatic heterocycles. The van der Waals surface area contributed by atoms with E-state index in [0.717, 1.165) is 9.35 Å². The number of alkyl halides is 1. The highest BCUT2D eigenvalue weighted by Gasteiger charge is 2.21. The second-order valence-corrected chi connectivity index (χ2v) is 9.27. The number of nitrogens with one attached hydrogen (secondary N) is 1. The van der Waals surface area contributed by atoms with Crippen molar-refractivity contribution in [3.8, 4) is 0 Å². The maximum Gasteiger partial charge on any atom is 0.250 e. The Morgan fingerprint density at radius 1 is 1.15 bits per heavy atom. The van der Waals surface area contributed by atoms with Gasteiger partial charge < -0.3 is 0 Å². The summed E-state index contributed by atoms with van der Waals surface area (Å²) in [6.07, 6.45) is 0.651. The van der Waals surface area contributed by atoms with Gasteiger partial charge >= 0.3 is 0 Å². The molecule has 1 N–H and O–H groups in total. The molecule has 0 aliphatic carbocycles. The Labute approximate surface area is 139 Å². The molecule has 0 spiro atoms. The molecule has 0 fully saturated rings. The number of hydrogen-bond acceptors (Lipinski definition) is 3. The average molecular weight is 439 g/mol. The maximum absolute atomic E-state index is 12.3. The molecule has 1 aromatic carbocycles. The minimum absolute atomic E-state index is 0.178. The first-order chi connectivity index (χ1) is 9.51. The Bertz CT molecular complexity index is 656. The minimum atomic E-state index is -3.46. The molecule has 1 atom stereocenters. The number of benzene rings is 1. The highest BCUT2D eigenvalue weighted by atomic mass is 79.9. The van der Waals surface area contributed by atoms with Crippen molar-refractivity contribution in [2.45, 2.75) is 16.7 Å². The van der Waals surface area contributed by atoms with Crippen LogP contribution >= 0.6 is 43.2 Å². The molecule has 0 aliphatic rings. The standard InChI is InChI=1S/C13H13Br2NO2S2/c14-9-11(8-10-4-2-1-3-5-10)16-20(17,18)13-7-6-12(15)19-13/h1-7,11,16H,8-9H2. The molecule has 0 aliphatic heterocycles. The molecule has 0 radical (unpaired) electrons. The molecule has 0 saturated carbocycles. The summed E-state index contributed by atoms with van der Waals surface area (Å²) in [5.41, 5.74) is 1.10. The van der Waals surface area contributed by atoms with Gasteiger partial charge in [-0.15, -0.1) is 11.3 Å². The molecule has 0 saturated heterocycles. The van der Waals surface area contributed by atoms with Gasteiger partial charge in [-0.2, -0.15) is 0 Å². The first-order valence-electron chi connectivity index (χ1n) is 5.89. The third kappa shape index (κ3) is 4.39. The summed E-state index contributed by atoms with van der Waals surface area (Å²) in [5.74, 6) is 0. The lowest BCUT2D eigenvalue weighted by molar-refractivity contribution is 0.564.